The van der Waals surface area contributed by atoms with Gasteiger partial charge in [-0.3, -0.25) is 19.5 Å². The molecule has 0 radical (unpaired) electrons. The standard InChI is InChI=1S/C24H28ClF5N4O3S/c25-19-12-18(38(26,27,28,29)30)8-9-21(19)34(24(37)20-11-17(35)14-32-20)22(15-5-4-10-31-13-15)23(36)33-16-6-2-1-3-7-16/h4-5,8-10,12-13,16-17,20,22,32,35H,1-3,6-7,11,14H2,(H,33,36). The summed E-state index contributed by atoms with van der Waals surface area (Å²) in [6.45, 7) is 0.0764. The van der Waals surface area contributed by atoms with E-state index in [9.17, 15) is 34.1 Å². The van der Waals surface area contributed by atoms with Crippen molar-refractivity contribution in [3.63, 3.8) is 0 Å². The van der Waals surface area contributed by atoms with E-state index >= 15 is 0 Å². The second kappa shape index (κ2) is 9.92. The summed E-state index contributed by atoms with van der Waals surface area (Å²) in [6.07, 6.45) is 6.13. The van der Waals surface area contributed by atoms with Gasteiger partial charge in [-0.25, -0.2) is 0 Å². The molecule has 2 aromatic rings. The Labute approximate surface area is 221 Å². The minimum absolute atomic E-state index is 0.0273. The van der Waals surface area contributed by atoms with Gasteiger partial charge in [-0.2, -0.15) is 0 Å². The van der Waals surface area contributed by atoms with Crippen molar-refractivity contribution in [1.29, 1.82) is 0 Å². The molecular formula is C24H28ClF5N4O3S. The molecule has 2 heterocycles. The van der Waals surface area contributed by atoms with E-state index in [0.29, 0.717) is 6.07 Å². The number of anilines is 1. The lowest BCUT2D eigenvalue weighted by molar-refractivity contribution is -0.128. The molecule has 210 valence electrons. The van der Waals surface area contributed by atoms with Crippen LogP contribution in [0.5, 0.6) is 0 Å². The summed E-state index contributed by atoms with van der Waals surface area (Å²) in [7, 11) is -10.1. The summed E-state index contributed by atoms with van der Waals surface area (Å²) in [5.74, 6) is -1.39. The van der Waals surface area contributed by atoms with Crippen LogP contribution in [-0.2, 0) is 9.59 Å². The van der Waals surface area contributed by atoms with E-state index in [0.717, 1.165) is 37.0 Å². The lowest BCUT2D eigenvalue weighted by Crippen LogP contribution is -2.51. The number of hydrogen-bond acceptors (Lipinski definition) is 5. The van der Waals surface area contributed by atoms with Crippen LogP contribution in [0.3, 0.4) is 0 Å². The molecule has 1 aromatic heterocycles. The number of nitrogens with zero attached hydrogens (tertiary/aromatic N) is 2. The molecule has 38 heavy (non-hydrogen) atoms. The highest BCUT2D eigenvalue weighted by molar-refractivity contribution is 8.45. The second-order valence-corrected chi connectivity index (χ2v) is 12.5. The van der Waals surface area contributed by atoms with Crippen LogP contribution in [0.25, 0.3) is 0 Å². The van der Waals surface area contributed by atoms with Crippen molar-refractivity contribution in [1.82, 2.24) is 15.6 Å². The molecule has 0 spiro atoms. The molecule has 1 saturated carbocycles. The number of halogens is 6. The van der Waals surface area contributed by atoms with Gasteiger partial charge in [0.2, 0.25) is 11.8 Å². The fraction of sp³-hybridized carbons (Fsp3) is 0.458. The van der Waals surface area contributed by atoms with Crippen LogP contribution in [-0.4, -0.2) is 46.6 Å². The van der Waals surface area contributed by atoms with Crippen LogP contribution in [0, 0.1) is 0 Å². The van der Waals surface area contributed by atoms with E-state index in [1.807, 2.05) is 0 Å². The fourth-order valence-electron chi connectivity index (χ4n) is 4.86. The second-order valence-electron chi connectivity index (χ2n) is 9.67. The summed E-state index contributed by atoms with van der Waals surface area (Å²) >= 11 is 6.14. The average Bonchev–Trinajstić information content (AvgIpc) is 3.28. The molecule has 4 rings (SSSR count). The molecule has 1 aliphatic carbocycles. The number of nitrogens with one attached hydrogen (secondary N) is 2. The van der Waals surface area contributed by atoms with Gasteiger partial charge in [0.1, 0.15) is 10.9 Å². The van der Waals surface area contributed by atoms with Gasteiger partial charge in [-0.15, -0.1) is 0 Å². The Hall–Kier alpha value is -2.48. The summed E-state index contributed by atoms with van der Waals surface area (Å²) in [5, 5.41) is 14.9. The molecule has 2 fully saturated rings. The van der Waals surface area contributed by atoms with E-state index in [2.05, 4.69) is 15.6 Å². The highest BCUT2D eigenvalue weighted by atomic mass is 35.5. The normalized spacial score (nSPS) is 23.2. The van der Waals surface area contributed by atoms with Crippen molar-refractivity contribution in [2.45, 2.75) is 67.6 Å². The summed E-state index contributed by atoms with van der Waals surface area (Å²) in [5.41, 5.74) is -0.126. The van der Waals surface area contributed by atoms with Gasteiger partial charge in [0.05, 0.1) is 22.9 Å². The first-order chi connectivity index (χ1) is 17.6. The molecule has 7 nitrogen and oxygen atoms in total. The summed E-state index contributed by atoms with van der Waals surface area (Å²) in [4.78, 5) is 30.2. The Kier molecular flexibility index (Phi) is 7.45. The van der Waals surface area contributed by atoms with Gasteiger partial charge < -0.3 is 15.7 Å². The van der Waals surface area contributed by atoms with Gasteiger partial charge in [-0.05, 0) is 43.5 Å². The Morgan fingerprint density at radius 2 is 1.84 bits per heavy atom. The Morgan fingerprint density at radius 3 is 2.39 bits per heavy atom. The molecule has 1 aromatic carbocycles. The van der Waals surface area contributed by atoms with Gasteiger partial charge in [-0.1, -0.05) is 56.4 Å². The summed E-state index contributed by atoms with van der Waals surface area (Å²) < 4.78 is 67.4. The number of hydrogen-bond donors (Lipinski definition) is 3. The van der Waals surface area contributed by atoms with Gasteiger partial charge in [0.25, 0.3) is 0 Å². The SMILES string of the molecule is O=C(NC1CCCCC1)C(c1cccnc1)N(C(=O)C1CC(O)CN1)c1ccc(S(F)(F)(F)(F)F)cc1Cl. The van der Waals surface area contributed by atoms with Crippen LogP contribution < -0.4 is 15.5 Å². The maximum atomic E-state index is 13.8. The maximum Gasteiger partial charge on any atom is 0.310 e. The van der Waals surface area contributed by atoms with Crippen LogP contribution in [0.4, 0.5) is 25.1 Å². The Bertz CT molecular complexity index is 1200. The third-order valence-corrected chi connectivity index (χ3v) is 8.17. The highest BCUT2D eigenvalue weighted by Crippen LogP contribution is 3.02. The zero-order valence-corrected chi connectivity index (χ0v) is 21.7. The first kappa shape index (κ1) is 28.5. The topological polar surface area (TPSA) is 94.6 Å². The molecule has 2 aliphatic rings. The lowest BCUT2D eigenvalue weighted by Gasteiger charge is -2.41. The van der Waals surface area contributed by atoms with Crippen molar-refractivity contribution in [3.05, 3.63) is 53.3 Å². The number of carbonyl (C=O) groups is 2. The minimum Gasteiger partial charge on any atom is -0.392 e. The first-order valence-corrected chi connectivity index (χ1v) is 14.5. The zero-order valence-electron chi connectivity index (χ0n) is 20.1. The van der Waals surface area contributed by atoms with Crippen LogP contribution in [0.1, 0.15) is 50.1 Å². The smallest absolute Gasteiger partial charge is 0.310 e. The summed E-state index contributed by atoms with van der Waals surface area (Å²) in [6, 6.07) is 1.31. The first-order valence-electron chi connectivity index (χ1n) is 12.1. The number of amides is 2. The molecule has 1 aliphatic heterocycles. The van der Waals surface area contributed by atoms with Gasteiger partial charge in [0, 0.05) is 30.5 Å². The molecule has 1 saturated heterocycles. The Balaban J connectivity index is 1.82. The van der Waals surface area contributed by atoms with Gasteiger partial charge >= 0.3 is 10.2 Å². The number of pyridine rings is 1. The minimum atomic E-state index is -10.1. The number of rotatable bonds is 7. The molecule has 3 N–H and O–H groups in total. The fourth-order valence-corrected chi connectivity index (χ4v) is 5.87. The molecule has 0 bridgehead atoms. The van der Waals surface area contributed by atoms with E-state index in [1.54, 1.807) is 0 Å². The molecule has 3 atom stereocenters. The van der Waals surface area contributed by atoms with Crippen molar-refractivity contribution in [2.75, 3.05) is 11.4 Å². The van der Waals surface area contributed by atoms with Crippen LogP contribution in [0.15, 0.2) is 47.6 Å². The van der Waals surface area contributed by atoms with E-state index in [1.165, 1.54) is 24.5 Å². The van der Waals surface area contributed by atoms with E-state index in [4.69, 9.17) is 11.6 Å². The van der Waals surface area contributed by atoms with Crippen molar-refractivity contribution < 1.29 is 34.1 Å². The quantitative estimate of drug-likeness (QED) is 0.368. The van der Waals surface area contributed by atoms with Crippen LogP contribution in [0.2, 0.25) is 5.02 Å². The monoisotopic (exact) mass is 582 g/mol. The third kappa shape index (κ3) is 6.56. The number of carbonyl (C=O) groups excluding carboxylic acids is 2. The molecule has 2 amide bonds. The third-order valence-electron chi connectivity index (χ3n) is 6.73. The highest BCUT2D eigenvalue weighted by Gasteiger charge is 2.65. The van der Waals surface area contributed by atoms with Crippen molar-refractivity contribution >= 4 is 39.3 Å². The number of benzene rings is 1. The largest absolute Gasteiger partial charge is 0.392 e. The van der Waals surface area contributed by atoms with Crippen molar-refractivity contribution in [2.24, 2.45) is 0 Å². The van der Waals surface area contributed by atoms with Crippen molar-refractivity contribution in [3.8, 4) is 0 Å². The van der Waals surface area contributed by atoms with Gasteiger partial charge in [0.15, 0.2) is 0 Å². The number of aromatic nitrogens is 1. The number of β-amino-alcohol motifs (C(OH)–C–C–N with tert-alkyl or cyclic N) is 1. The molecule has 3 unspecified atom stereocenters. The number of aliphatic hydroxyl groups excluding tert-OH is 1. The number of aliphatic hydroxyl groups is 1. The molecule has 14 heteroatoms. The van der Waals surface area contributed by atoms with E-state index in [-0.39, 0.29) is 42.4 Å². The maximum absolute atomic E-state index is 13.8. The van der Waals surface area contributed by atoms with E-state index < -0.39 is 50.1 Å². The average molecular weight is 583 g/mol. The Morgan fingerprint density at radius 1 is 1.13 bits per heavy atom. The predicted octanol–water partition coefficient (Wildman–Crippen LogP) is 5.64. The zero-order chi connectivity index (χ0) is 27.8. The lowest BCUT2D eigenvalue weighted by atomic mass is 9.94. The molecular weight excluding hydrogens is 555 g/mol. The van der Waals surface area contributed by atoms with Crippen LogP contribution >= 0.6 is 21.8 Å². The predicted molar refractivity (Wildman–Crippen MR) is 135 cm³/mol.